The van der Waals surface area contributed by atoms with Crippen molar-refractivity contribution in [2.45, 2.75) is 39.3 Å². The summed E-state index contributed by atoms with van der Waals surface area (Å²) < 4.78 is 7.36. The number of rotatable bonds is 2. The van der Waals surface area contributed by atoms with Crippen molar-refractivity contribution < 1.29 is 9.53 Å². The van der Waals surface area contributed by atoms with Crippen LogP contribution in [0.4, 0.5) is 4.79 Å². The summed E-state index contributed by atoms with van der Waals surface area (Å²) in [4.78, 5) is 11.8. The zero-order valence-corrected chi connectivity index (χ0v) is 12.7. The van der Waals surface area contributed by atoms with E-state index in [1.54, 1.807) is 0 Å². The first-order valence-corrected chi connectivity index (χ1v) is 6.81. The lowest BCUT2D eigenvalue weighted by Gasteiger charge is -2.21. The van der Waals surface area contributed by atoms with Crippen LogP contribution in [0.1, 0.15) is 39.3 Å². The zero-order valence-electron chi connectivity index (χ0n) is 12.7. The number of aryl methyl sites for hydroxylation is 1. The fourth-order valence-corrected chi connectivity index (χ4v) is 2.28. The maximum absolute atomic E-state index is 11.8. The minimum atomic E-state index is -0.484. The number of fused-ring (bicyclic) bond motifs is 1. The Labute approximate surface area is 119 Å². The van der Waals surface area contributed by atoms with Crippen molar-refractivity contribution in [3.05, 3.63) is 36.0 Å². The van der Waals surface area contributed by atoms with Gasteiger partial charge in [0.2, 0.25) is 0 Å². The topological polar surface area (TPSA) is 43.3 Å². The number of alkyl carbamates (subject to hydrolysis) is 1. The first kappa shape index (κ1) is 14.4. The summed E-state index contributed by atoms with van der Waals surface area (Å²) in [5, 5.41) is 4.04. The average molecular weight is 274 g/mol. The first-order chi connectivity index (χ1) is 9.28. The van der Waals surface area contributed by atoms with Crippen LogP contribution in [0.2, 0.25) is 0 Å². The Kier molecular flexibility index (Phi) is 3.75. The van der Waals surface area contributed by atoms with Crippen molar-refractivity contribution in [2.24, 2.45) is 7.05 Å². The Morgan fingerprint density at radius 3 is 2.60 bits per heavy atom. The molecule has 0 fully saturated rings. The first-order valence-electron chi connectivity index (χ1n) is 6.81. The van der Waals surface area contributed by atoms with Gasteiger partial charge in [0.25, 0.3) is 0 Å². The van der Waals surface area contributed by atoms with E-state index >= 15 is 0 Å². The molecular formula is C16H22N2O2. The molecule has 0 saturated carbocycles. The minimum Gasteiger partial charge on any atom is -0.444 e. The van der Waals surface area contributed by atoms with Crippen molar-refractivity contribution in [3.63, 3.8) is 0 Å². The molecule has 1 atom stereocenters. The summed E-state index contributed by atoms with van der Waals surface area (Å²) in [6.45, 7) is 7.53. The molecule has 0 spiro atoms. The Morgan fingerprint density at radius 2 is 1.95 bits per heavy atom. The third-order valence-electron chi connectivity index (χ3n) is 3.13. The molecule has 4 nitrogen and oxygen atoms in total. The van der Waals surface area contributed by atoms with Crippen LogP contribution < -0.4 is 5.32 Å². The molecule has 108 valence electrons. The molecule has 1 amide bonds. The molecule has 2 aromatic rings. The average Bonchev–Trinajstić information content (AvgIpc) is 2.65. The predicted octanol–water partition coefficient (Wildman–Crippen LogP) is 3.76. The molecule has 0 saturated heterocycles. The number of benzene rings is 1. The summed E-state index contributed by atoms with van der Waals surface area (Å²) in [5.41, 5.74) is 1.76. The molecule has 1 heterocycles. The van der Waals surface area contributed by atoms with Gasteiger partial charge in [-0.25, -0.2) is 4.79 Å². The third kappa shape index (κ3) is 3.13. The van der Waals surface area contributed by atoms with Crippen LogP contribution in [0, 0.1) is 0 Å². The molecule has 0 aliphatic carbocycles. The van der Waals surface area contributed by atoms with Crippen LogP contribution in [0.25, 0.3) is 10.9 Å². The zero-order chi connectivity index (χ0) is 14.9. The Balaban J connectivity index is 2.20. The van der Waals surface area contributed by atoms with Crippen molar-refractivity contribution >= 4 is 17.0 Å². The highest BCUT2D eigenvalue weighted by Gasteiger charge is 2.20. The fourth-order valence-electron chi connectivity index (χ4n) is 2.28. The van der Waals surface area contributed by atoms with Crippen LogP contribution in [-0.2, 0) is 11.8 Å². The summed E-state index contributed by atoms with van der Waals surface area (Å²) in [7, 11) is 2.01. The van der Waals surface area contributed by atoms with Gasteiger partial charge >= 0.3 is 6.09 Å². The van der Waals surface area contributed by atoms with Gasteiger partial charge in [-0.15, -0.1) is 0 Å². The van der Waals surface area contributed by atoms with Crippen LogP contribution in [0.5, 0.6) is 0 Å². The van der Waals surface area contributed by atoms with Gasteiger partial charge in [-0.3, -0.25) is 0 Å². The van der Waals surface area contributed by atoms with E-state index in [2.05, 4.69) is 22.0 Å². The largest absolute Gasteiger partial charge is 0.444 e. The van der Waals surface area contributed by atoms with Crippen LogP contribution in [-0.4, -0.2) is 16.3 Å². The van der Waals surface area contributed by atoms with Crippen LogP contribution in [0.15, 0.2) is 30.5 Å². The second-order valence-corrected chi connectivity index (χ2v) is 6.08. The molecule has 20 heavy (non-hydrogen) atoms. The highest BCUT2D eigenvalue weighted by atomic mass is 16.6. The van der Waals surface area contributed by atoms with E-state index in [9.17, 15) is 4.79 Å². The van der Waals surface area contributed by atoms with E-state index in [1.807, 2.05) is 53.1 Å². The van der Waals surface area contributed by atoms with E-state index in [0.717, 1.165) is 16.5 Å². The molecule has 1 aromatic heterocycles. The number of nitrogens with one attached hydrogen (secondary N) is 1. The van der Waals surface area contributed by atoms with Crippen LogP contribution >= 0.6 is 0 Å². The van der Waals surface area contributed by atoms with Gasteiger partial charge in [-0.05, 0) is 39.3 Å². The number of amides is 1. The molecule has 2 rings (SSSR count). The van der Waals surface area contributed by atoms with Gasteiger partial charge in [0.1, 0.15) is 5.60 Å². The fraction of sp³-hybridized carbons (Fsp3) is 0.438. The van der Waals surface area contributed by atoms with E-state index in [-0.39, 0.29) is 6.04 Å². The van der Waals surface area contributed by atoms with E-state index < -0.39 is 11.7 Å². The Hall–Kier alpha value is -1.97. The molecule has 4 heteroatoms. The third-order valence-corrected chi connectivity index (χ3v) is 3.13. The molecule has 1 N–H and O–H groups in total. The number of para-hydroxylation sites is 1. The van der Waals surface area contributed by atoms with Gasteiger partial charge in [0.05, 0.1) is 6.04 Å². The standard InChI is InChI=1S/C16H22N2O2/c1-11(17-15(19)20-16(2,3)4)13-10-18(5)14-9-7-6-8-12(13)14/h6-11H,1-5H3,(H,17,19)/t11-/m0/s1. The monoisotopic (exact) mass is 274 g/mol. The van der Waals surface area contributed by atoms with Gasteiger partial charge in [0, 0.05) is 24.1 Å². The molecular weight excluding hydrogens is 252 g/mol. The number of ether oxygens (including phenoxy) is 1. The number of carbonyl (C=O) groups is 1. The molecule has 0 aliphatic rings. The molecule has 1 aromatic carbocycles. The minimum absolute atomic E-state index is 0.101. The lowest BCUT2D eigenvalue weighted by molar-refractivity contribution is 0.0508. The second-order valence-electron chi connectivity index (χ2n) is 6.08. The highest BCUT2D eigenvalue weighted by Crippen LogP contribution is 2.25. The summed E-state index contributed by atoms with van der Waals surface area (Å²) >= 11 is 0. The summed E-state index contributed by atoms with van der Waals surface area (Å²) in [5.74, 6) is 0. The summed E-state index contributed by atoms with van der Waals surface area (Å²) in [6, 6.07) is 8.05. The molecule has 0 bridgehead atoms. The number of aromatic nitrogens is 1. The Morgan fingerprint density at radius 1 is 1.30 bits per heavy atom. The quantitative estimate of drug-likeness (QED) is 0.906. The van der Waals surface area contributed by atoms with Crippen molar-refractivity contribution in [3.8, 4) is 0 Å². The number of hydrogen-bond acceptors (Lipinski definition) is 2. The van der Waals surface area contributed by atoms with Crippen LogP contribution in [0.3, 0.4) is 0 Å². The number of hydrogen-bond donors (Lipinski definition) is 1. The van der Waals surface area contributed by atoms with Crippen molar-refractivity contribution in [1.82, 2.24) is 9.88 Å². The van der Waals surface area contributed by atoms with Gasteiger partial charge in [-0.1, -0.05) is 18.2 Å². The maximum atomic E-state index is 11.8. The lowest BCUT2D eigenvalue weighted by atomic mass is 10.1. The van der Waals surface area contributed by atoms with E-state index in [4.69, 9.17) is 4.74 Å². The van der Waals surface area contributed by atoms with Gasteiger partial charge in [0.15, 0.2) is 0 Å². The highest BCUT2D eigenvalue weighted by molar-refractivity contribution is 5.84. The predicted molar refractivity (Wildman–Crippen MR) is 80.7 cm³/mol. The SMILES string of the molecule is C[C@H](NC(=O)OC(C)(C)C)c1cn(C)c2ccccc12. The van der Waals surface area contributed by atoms with E-state index in [1.165, 1.54) is 0 Å². The number of nitrogens with zero attached hydrogens (tertiary/aromatic N) is 1. The Bertz CT molecular complexity index is 623. The summed E-state index contributed by atoms with van der Waals surface area (Å²) in [6.07, 6.45) is 1.66. The lowest BCUT2D eigenvalue weighted by Crippen LogP contribution is -2.33. The van der Waals surface area contributed by atoms with E-state index in [0.29, 0.717) is 0 Å². The normalized spacial score (nSPS) is 13.2. The molecule has 0 unspecified atom stereocenters. The maximum Gasteiger partial charge on any atom is 0.408 e. The van der Waals surface area contributed by atoms with Gasteiger partial charge < -0.3 is 14.6 Å². The smallest absolute Gasteiger partial charge is 0.408 e. The number of carbonyl (C=O) groups excluding carboxylic acids is 1. The molecule has 0 radical (unpaired) electrons. The van der Waals surface area contributed by atoms with Crippen molar-refractivity contribution in [1.29, 1.82) is 0 Å². The second kappa shape index (κ2) is 5.19. The van der Waals surface area contributed by atoms with Gasteiger partial charge in [-0.2, -0.15) is 0 Å². The molecule has 0 aliphatic heterocycles. The van der Waals surface area contributed by atoms with Crippen molar-refractivity contribution in [2.75, 3.05) is 0 Å².